The lowest BCUT2D eigenvalue weighted by Crippen LogP contribution is -2.36. The summed E-state index contributed by atoms with van der Waals surface area (Å²) in [7, 11) is 0. The van der Waals surface area contributed by atoms with Gasteiger partial charge in [-0.25, -0.2) is 4.98 Å². The number of anilines is 1. The van der Waals surface area contributed by atoms with E-state index >= 15 is 0 Å². The van der Waals surface area contributed by atoms with Crippen molar-refractivity contribution in [1.29, 1.82) is 5.26 Å². The monoisotopic (exact) mass is 341 g/mol. The Balaban J connectivity index is 1.61. The van der Waals surface area contributed by atoms with Gasteiger partial charge in [-0.2, -0.15) is 5.26 Å². The standard InChI is InChI=1S/C18H19N3O2S/c19-9-14-11-24-18(20-14)21(15-4-2-1-3-5-15)10-13-6-7-16-17(8-13)23-12-22-16/h6-8,11,15H,1-5,10,12H2. The first-order valence-corrected chi connectivity index (χ1v) is 9.22. The van der Waals surface area contributed by atoms with Gasteiger partial charge in [0.25, 0.3) is 0 Å². The van der Waals surface area contributed by atoms with E-state index in [0.29, 0.717) is 18.5 Å². The average molecular weight is 341 g/mol. The first-order valence-electron chi connectivity index (χ1n) is 8.34. The minimum atomic E-state index is 0.295. The molecule has 0 saturated heterocycles. The minimum Gasteiger partial charge on any atom is -0.454 e. The summed E-state index contributed by atoms with van der Waals surface area (Å²) < 4.78 is 10.9. The van der Waals surface area contributed by atoms with E-state index in [1.807, 2.05) is 11.4 Å². The highest BCUT2D eigenvalue weighted by Crippen LogP contribution is 2.35. The predicted molar refractivity (Wildman–Crippen MR) is 92.5 cm³/mol. The second kappa shape index (κ2) is 6.70. The smallest absolute Gasteiger partial charge is 0.231 e. The summed E-state index contributed by atoms with van der Waals surface area (Å²) in [5.74, 6) is 1.62. The number of benzene rings is 1. The Labute approximate surface area is 145 Å². The Morgan fingerprint density at radius 1 is 1.21 bits per heavy atom. The van der Waals surface area contributed by atoms with Crippen molar-refractivity contribution in [3.63, 3.8) is 0 Å². The number of ether oxygens (including phenoxy) is 2. The molecule has 1 saturated carbocycles. The highest BCUT2D eigenvalue weighted by Gasteiger charge is 2.25. The van der Waals surface area contributed by atoms with Gasteiger partial charge in [-0.3, -0.25) is 0 Å². The van der Waals surface area contributed by atoms with Gasteiger partial charge in [0.1, 0.15) is 6.07 Å². The van der Waals surface area contributed by atoms with Crippen LogP contribution in [-0.2, 0) is 6.54 Å². The minimum absolute atomic E-state index is 0.295. The molecule has 1 aromatic heterocycles. The summed E-state index contributed by atoms with van der Waals surface area (Å²) in [6, 6.07) is 8.74. The number of nitrogens with zero attached hydrogens (tertiary/aromatic N) is 3. The number of rotatable bonds is 4. The second-order valence-corrected chi connectivity index (χ2v) is 7.07. The normalized spacial score (nSPS) is 16.8. The fraction of sp³-hybridized carbons (Fsp3) is 0.444. The zero-order chi connectivity index (χ0) is 16.4. The van der Waals surface area contributed by atoms with Gasteiger partial charge in [0, 0.05) is 18.0 Å². The van der Waals surface area contributed by atoms with Crippen LogP contribution in [0.25, 0.3) is 0 Å². The van der Waals surface area contributed by atoms with Crippen LogP contribution in [0.1, 0.15) is 43.4 Å². The molecule has 1 aromatic carbocycles. The van der Waals surface area contributed by atoms with Crippen molar-refractivity contribution in [1.82, 2.24) is 4.98 Å². The summed E-state index contributed by atoms with van der Waals surface area (Å²) in [6.45, 7) is 1.07. The Morgan fingerprint density at radius 2 is 2.04 bits per heavy atom. The molecule has 1 aliphatic heterocycles. The quantitative estimate of drug-likeness (QED) is 0.838. The van der Waals surface area contributed by atoms with Crippen LogP contribution in [0.3, 0.4) is 0 Å². The van der Waals surface area contributed by atoms with Crippen molar-refractivity contribution in [3.8, 4) is 17.6 Å². The third-order valence-corrected chi connectivity index (χ3v) is 5.54. The molecule has 0 bridgehead atoms. The number of hydrogen-bond donors (Lipinski definition) is 0. The first-order chi connectivity index (χ1) is 11.8. The molecule has 2 heterocycles. The number of thiazole rings is 1. The van der Waals surface area contributed by atoms with Crippen LogP contribution in [0, 0.1) is 11.3 Å². The second-order valence-electron chi connectivity index (χ2n) is 6.23. The van der Waals surface area contributed by atoms with Crippen LogP contribution in [-0.4, -0.2) is 17.8 Å². The van der Waals surface area contributed by atoms with E-state index in [9.17, 15) is 0 Å². The van der Waals surface area contributed by atoms with Gasteiger partial charge in [0.15, 0.2) is 22.3 Å². The maximum absolute atomic E-state index is 9.08. The number of fused-ring (bicyclic) bond motifs is 1. The summed E-state index contributed by atoms with van der Waals surface area (Å²) in [5, 5.41) is 11.9. The van der Waals surface area contributed by atoms with Crippen molar-refractivity contribution >= 4 is 16.5 Å². The van der Waals surface area contributed by atoms with E-state index in [1.165, 1.54) is 37.7 Å². The van der Waals surface area contributed by atoms with Gasteiger partial charge in [-0.05, 0) is 30.5 Å². The molecule has 5 nitrogen and oxygen atoms in total. The SMILES string of the molecule is N#Cc1csc(N(Cc2ccc3c(c2)OCO3)C2CCCCC2)n1. The molecule has 0 radical (unpaired) electrons. The molecule has 0 unspecified atom stereocenters. The van der Waals surface area contributed by atoms with Crippen molar-refractivity contribution in [2.24, 2.45) is 0 Å². The molecule has 24 heavy (non-hydrogen) atoms. The van der Waals surface area contributed by atoms with Crippen LogP contribution < -0.4 is 14.4 Å². The zero-order valence-corrected chi connectivity index (χ0v) is 14.2. The first kappa shape index (κ1) is 15.3. The van der Waals surface area contributed by atoms with Crippen molar-refractivity contribution in [2.45, 2.75) is 44.7 Å². The Hall–Kier alpha value is -2.26. The molecule has 0 amide bonds. The van der Waals surface area contributed by atoms with Crippen LogP contribution in [0.5, 0.6) is 11.5 Å². The molecule has 6 heteroatoms. The molecule has 1 aliphatic carbocycles. The lowest BCUT2D eigenvalue weighted by molar-refractivity contribution is 0.174. The molecule has 0 atom stereocenters. The van der Waals surface area contributed by atoms with Crippen molar-refractivity contribution in [2.75, 3.05) is 11.7 Å². The molecule has 4 rings (SSSR count). The van der Waals surface area contributed by atoms with Crippen molar-refractivity contribution < 1.29 is 9.47 Å². The highest BCUT2D eigenvalue weighted by atomic mass is 32.1. The molecule has 0 spiro atoms. The van der Waals surface area contributed by atoms with Crippen LogP contribution >= 0.6 is 11.3 Å². The molecule has 1 fully saturated rings. The molecule has 124 valence electrons. The summed E-state index contributed by atoms with van der Waals surface area (Å²) in [5.41, 5.74) is 1.68. The fourth-order valence-electron chi connectivity index (χ4n) is 3.43. The molecular weight excluding hydrogens is 322 g/mol. The Kier molecular flexibility index (Phi) is 4.26. The summed E-state index contributed by atoms with van der Waals surface area (Å²) in [4.78, 5) is 6.86. The fourth-order valence-corrected chi connectivity index (χ4v) is 4.25. The van der Waals surface area contributed by atoms with E-state index in [0.717, 1.165) is 23.2 Å². The van der Waals surface area contributed by atoms with Gasteiger partial charge in [0.05, 0.1) is 0 Å². The maximum Gasteiger partial charge on any atom is 0.231 e. The molecule has 2 aromatic rings. The van der Waals surface area contributed by atoms with E-state index in [1.54, 1.807) is 11.3 Å². The molecule has 0 N–H and O–H groups in total. The zero-order valence-electron chi connectivity index (χ0n) is 13.4. The molecule has 2 aliphatic rings. The van der Waals surface area contributed by atoms with E-state index < -0.39 is 0 Å². The number of hydrogen-bond acceptors (Lipinski definition) is 6. The number of nitriles is 1. The Morgan fingerprint density at radius 3 is 2.83 bits per heavy atom. The highest BCUT2D eigenvalue weighted by molar-refractivity contribution is 7.13. The third kappa shape index (κ3) is 3.04. The summed E-state index contributed by atoms with van der Waals surface area (Å²) >= 11 is 1.56. The van der Waals surface area contributed by atoms with Crippen LogP contribution in [0.2, 0.25) is 0 Å². The van der Waals surface area contributed by atoms with Gasteiger partial charge < -0.3 is 14.4 Å². The molecular formula is C18H19N3O2S. The van der Waals surface area contributed by atoms with Gasteiger partial charge in [-0.15, -0.1) is 11.3 Å². The van der Waals surface area contributed by atoms with E-state index in [2.05, 4.69) is 28.1 Å². The predicted octanol–water partition coefficient (Wildman–Crippen LogP) is 4.08. The lowest BCUT2D eigenvalue weighted by Gasteiger charge is -2.34. The third-order valence-electron chi connectivity index (χ3n) is 4.66. The van der Waals surface area contributed by atoms with Gasteiger partial charge >= 0.3 is 0 Å². The van der Waals surface area contributed by atoms with Crippen LogP contribution in [0.4, 0.5) is 5.13 Å². The maximum atomic E-state index is 9.08. The van der Waals surface area contributed by atoms with Crippen LogP contribution in [0.15, 0.2) is 23.6 Å². The van der Waals surface area contributed by atoms with Crippen molar-refractivity contribution in [3.05, 3.63) is 34.8 Å². The topological polar surface area (TPSA) is 58.4 Å². The largest absolute Gasteiger partial charge is 0.454 e. The van der Waals surface area contributed by atoms with E-state index in [4.69, 9.17) is 14.7 Å². The van der Waals surface area contributed by atoms with Gasteiger partial charge in [0.2, 0.25) is 6.79 Å². The Bertz CT molecular complexity index is 762. The lowest BCUT2D eigenvalue weighted by atomic mass is 9.94. The average Bonchev–Trinajstić information content (AvgIpc) is 3.29. The number of aromatic nitrogens is 1. The van der Waals surface area contributed by atoms with Gasteiger partial charge in [-0.1, -0.05) is 25.3 Å². The van der Waals surface area contributed by atoms with E-state index in [-0.39, 0.29) is 0 Å². The summed E-state index contributed by atoms with van der Waals surface area (Å²) in [6.07, 6.45) is 6.21.